The van der Waals surface area contributed by atoms with Crippen molar-refractivity contribution in [1.82, 2.24) is 19.9 Å². The summed E-state index contributed by atoms with van der Waals surface area (Å²) in [5, 5.41) is 4.00. The second-order valence-corrected chi connectivity index (χ2v) is 6.18. The molecule has 2 N–H and O–H groups in total. The largest absolute Gasteiger partial charge is 0.463 e. The van der Waals surface area contributed by atoms with Crippen LogP contribution in [0.5, 0.6) is 0 Å². The zero-order valence-electron chi connectivity index (χ0n) is 14.5. The first-order valence-corrected chi connectivity index (χ1v) is 8.63. The van der Waals surface area contributed by atoms with E-state index in [1.165, 1.54) is 23.2 Å². The minimum Gasteiger partial charge on any atom is -0.463 e. The van der Waals surface area contributed by atoms with Crippen LogP contribution in [0.4, 0.5) is 0 Å². The standard InChI is InChI=1S/C20H18N4O3/c25-19(21-8-7-14-11-22-16-5-2-1-4-15(14)16)12-24-13-23-17(10-20(24)26)18-6-3-9-27-18/h1-6,9-11,13,22H,7-8,12H2,(H,21,25). The number of furan rings is 1. The Balaban J connectivity index is 1.35. The summed E-state index contributed by atoms with van der Waals surface area (Å²) in [6.45, 7) is 0.422. The number of nitrogens with one attached hydrogen (secondary N) is 2. The van der Waals surface area contributed by atoms with Crippen molar-refractivity contribution in [3.8, 4) is 11.5 Å². The molecule has 1 amide bonds. The Labute approximate surface area is 154 Å². The molecule has 0 saturated carbocycles. The maximum Gasteiger partial charge on any atom is 0.254 e. The van der Waals surface area contributed by atoms with Gasteiger partial charge in [-0.15, -0.1) is 0 Å². The fraction of sp³-hybridized carbons (Fsp3) is 0.150. The summed E-state index contributed by atoms with van der Waals surface area (Å²) in [6, 6.07) is 12.8. The van der Waals surface area contributed by atoms with E-state index in [2.05, 4.69) is 21.4 Å². The molecular formula is C20H18N4O3. The first-order chi connectivity index (χ1) is 13.2. The van der Waals surface area contributed by atoms with Crippen LogP contribution < -0.4 is 10.9 Å². The van der Waals surface area contributed by atoms with Crippen molar-refractivity contribution in [2.75, 3.05) is 6.54 Å². The lowest BCUT2D eigenvalue weighted by Crippen LogP contribution is -2.33. The molecule has 0 aliphatic carbocycles. The number of nitrogens with zero attached hydrogens (tertiary/aromatic N) is 2. The van der Waals surface area contributed by atoms with Gasteiger partial charge in [0.15, 0.2) is 5.76 Å². The molecule has 3 heterocycles. The van der Waals surface area contributed by atoms with Crippen molar-refractivity contribution >= 4 is 16.8 Å². The van der Waals surface area contributed by atoms with Gasteiger partial charge in [0.1, 0.15) is 12.2 Å². The van der Waals surface area contributed by atoms with E-state index in [1.807, 2.05) is 24.4 Å². The van der Waals surface area contributed by atoms with Crippen molar-refractivity contribution < 1.29 is 9.21 Å². The highest BCUT2D eigenvalue weighted by molar-refractivity contribution is 5.83. The van der Waals surface area contributed by atoms with Gasteiger partial charge in [-0.25, -0.2) is 4.98 Å². The molecule has 136 valence electrons. The van der Waals surface area contributed by atoms with E-state index in [9.17, 15) is 9.59 Å². The number of carbonyl (C=O) groups is 1. The van der Waals surface area contributed by atoms with Gasteiger partial charge >= 0.3 is 0 Å². The van der Waals surface area contributed by atoms with E-state index in [4.69, 9.17) is 4.42 Å². The molecule has 0 spiro atoms. The van der Waals surface area contributed by atoms with Crippen molar-refractivity contribution in [2.24, 2.45) is 0 Å². The summed E-state index contributed by atoms with van der Waals surface area (Å²) in [5.41, 5.74) is 2.37. The van der Waals surface area contributed by atoms with Crippen molar-refractivity contribution in [3.05, 3.63) is 77.2 Å². The number of amides is 1. The van der Waals surface area contributed by atoms with Gasteiger partial charge in [-0.1, -0.05) is 18.2 Å². The van der Waals surface area contributed by atoms with Crippen LogP contribution in [0.25, 0.3) is 22.4 Å². The Bertz CT molecular complexity index is 1130. The second kappa shape index (κ2) is 7.33. The van der Waals surface area contributed by atoms with Crippen LogP contribution in [-0.2, 0) is 17.8 Å². The monoisotopic (exact) mass is 362 g/mol. The molecule has 0 radical (unpaired) electrons. The molecule has 0 aliphatic rings. The van der Waals surface area contributed by atoms with Gasteiger partial charge in [-0.05, 0) is 30.2 Å². The third kappa shape index (κ3) is 3.67. The van der Waals surface area contributed by atoms with E-state index in [1.54, 1.807) is 12.1 Å². The Morgan fingerprint density at radius 3 is 2.93 bits per heavy atom. The molecule has 7 nitrogen and oxygen atoms in total. The van der Waals surface area contributed by atoms with Gasteiger partial charge < -0.3 is 14.7 Å². The van der Waals surface area contributed by atoms with Gasteiger partial charge in [0.05, 0.1) is 12.6 Å². The lowest BCUT2D eigenvalue weighted by Gasteiger charge is -2.07. The lowest BCUT2D eigenvalue weighted by atomic mass is 10.1. The molecule has 27 heavy (non-hydrogen) atoms. The molecule has 0 aliphatic heterocycles. The summed E-state index contributed by atoms with van der Waals surface area (Å²) < 4.78 is 6.49. The molecule has 4 rings (SSSR count). The fourth-order valence-electron chi connectivity index (χ4n) is 2.99. The highest BCUT2D eigenvalue weighted by Crippen LogP contribution is 2.17. The van der Waals surface area contributed by atoms with Crippen LogP contribution in [0.2, 0.25) is 0 Å². The molecule has 3 aromatic heterocycles. The minimum absolute atomic E-state index is 0.0713. The Morgan fingerprint density at radius 2 is 2.11 bits per heavy atom. The van der Waals surface area contributed by atoms with Crippen molar-refractivity contribution in [2.45, 2.75) is 13.0 Å². The van der Waals surface area contributed by atoms with E-state index in [0.717, 1.165) is 16.5 Å². The normalized spacial score (nSPS) is 11.0. The first kappa shape index (κ1) is 16.8. The van der Waals surface area contributed by atoms with Crippen LogP contribution >= 0.6 is 0 Å². The average Bonchev–Trinajstić information content (AvgIpc) is 3.34. The molecule has 0 saturated heterocycles. The number of fused-ring (bicyclic) bond motifs is 1. The molecule has 4 aromatic rings. The minimum atomic E-state index is -0.303. The highest BCUT2D eigenvalue weighted by atomic mass is 16.3. The number of aromatic nitrogens is 3. The number of H-pyrrole nitrogens is 1. The zero-order valence-corrected chi connectivity index (χ0v) is 14.5. The number of carbonyl (C=O) groups excluding carboxylic acids is 1. The molecule has 7 heteroatoms. The predicted octanol–water partition coefficient (Wildman–Crippen LogP) is 2.34. The molecule has 1 aromatic carbocycles. The Kier molecular flexibility index (Phi) is 4.57. The van der Waals surface area contributed by atoms with E-state index in [-0.39, 0.29) is 18.0 Å². The molecule has 0 unspecified atom stereocenters. The SMILES string of the molecule is O=C(Cn1cnc(-c2ccco2)cc1=O)NCCc1c[nH]c2ccccc12. The zero-order chi connectivity index (χ0) is 18.6. The predicted molar refractivity (Wildman–Crippen MR) is 101 cm³/mol. The lowest BCUT2D eigenvalue weighted by molar-refractivity contribution is -0.121. The number of rotatable bonds is 6. The van der Waals surface area contributed by atoms with Crippen LogP contribution in [0, 0.1) is 0 Å². The number of benzene rings is 1. The van der Waals surface area contributed by atoms with E-state index in [0.29, 0.717) is 24.4 Å². The molecule has 0 fully saturated rings. The molecule has 0 atom stereocenters. The third-order valence-corrected chi connectivity index (χ3v) is 4.36. The van der Waals surface area contributed by atoms with E-state index >= 15 is 0 Å². The van der Waals surface area contributed by atoms with Gasteiger partial charge in [0.25, 0.3) is 5.56 Å². The number of hydrogen-bond donors (Lipinski definition) is 2. The smallest absolute Gasteiger partial charge is 0.254 e. The second-order valence-electron chi connectivity index (χ2n) is 6.18. The molecular weight excluding hydrogens is 344 g/mol. The van der Waals surface area contributed by atoms with Crippen molar-refractivity contribution in [3.63, 3.8) is 0 Å². The van der Waals surface area contributed by atoms with Crippen LogP contribution in [0.15, 0.2) is 70.5 Å². The summed E-state index contributed by atoms with van der Waals surface area (Å²) in [6.07, 6.45) is 5.54. The average molecular weight is 362 g/mol. The maximum atomic E-state index is 12.2. The van der Waals surface area contributed by atoms with Crippen molar-refractivity contribution in [1.29, 1.82) is 0 Å². The van der Waals surface area contributed by atoms with Gasteiger partial charge in [-0.2, -0.15) is 0 Å². The van der Waals surface area contributed by atoms with Crippen LogP contribution in [-0.4, -0.2) is 27.0 Å². The summed E-state index contributed by atoms with van der Waals surface area (Å²) >= 11 is 0. The third-order valence-electron chi connectivity index (χ3n) is 4.36. The van der Waals surface area contributed by atoms with Crippen LogP contribution in [0.1, 0.15) is 5.56 Å². The first-order valence-electron chi connectivity index (χ1n) is 8.63. The number of para-hydroxylation sites is 1. The number of aromatic amines is 1. The topological polar surface area (TPSA) is 92.9 Å². The Hall–Kier alpha value is -3.61. The van der Waals surface area contributed by atoms with Gasteiger partial charge in [0.2, 0.25) is 5.91 Å². The van der Waals surface area contributed by atoms with E-state index < -0.39 is 0 Å². The summed E-state index contributed by atoms with van der Waals surface area (Å²) in [7, 11) is 0. The van der Waals surface area contributed by atoms with Gasteiger partial charge in [0, 0.05) is 29.7 Å². The quantitative estimate of drug-likeness (QED) is 0.551. The summed E-state index contributed by atoms with van der Waals surface area (Å²) in [5.74, 6) is 0.284. The number of hydrogen-bond acceptors (Lipinski definition) is 4. The summed E-state index contributed by atoms with van der Waals surface area (Å²) in [4.78, 5) is 31.7. The Morgan fingerprint density at radius 1 is 1.22 bits per heavy atom. The maximum absolute atomic E-state index is 12.2. The molecule has 0 bridgehead atoms. The van der Waals surface area contributed by atoms with Gasteiger partial charge in [-0.3, -0.25) is 14.2 Å². The fourth-order valence-corrected chi connectivity index (χ4v) is 2.99. The highest BCUT2D eigenvalue weighted by Gasteiger charge is 2.09. The van der Waals surface area contributed by atoms with Crippen LogP contribution in [0.3, 0.4) is 0 Å².